The molecule has 0 unspecified atom stereocenters. The minimum Gasteiger partial charge on any atom is -0.353 e. The van der Waals surface area contributed by atoms with Gasteiger partial charge >= 0.3 is 0 Å². The van der Waals surface area contributed by atoms with Crippen molar-refractivity contribution in [2.24, 2.45) is 0 Å². The summed E-state index contributed by atoms with van der Waals surface area (Å²) in [5, 5.41) is 10.7. The zero-order valence-electron chi connectivity index (χ0n) is 17.7. The van der Waals surface area contributed by atoms with Crippen molar-refractivity contribution in [3.63, 3.8) is 0 Å². The summed E-state index contributed by atoms with van der Waals surface area (Å²) < 4.78 is 1.75. The number of nitrogens with zero attached hydrogens (tertiary/aromatic N) is 2. The normalized spacial score (nSPS) is 15.1. The first-order chi connectivity index (χ1) is 13.8. The number of aromatic nitrogens is 2. The van der Waals surface area contributed by atoms with E-state index in [1.54, 1.807) is 4.68 Å². The van der Waals surface area contributed by atoms with Crippen molar-refractivity contribution in [3.8, 4) is 5.69 Å². The van der Waals surface area contributed by atoms with Gasteiger partial charge in [-0.05, 0) is 25.0 Å². The first-order valence-corrected chi connectivity index (χ1v) is 10.6. The molecule has 0 atom stereocenters. The molecule has 2 N–H and O–H groups in total. The predicted octanol–water partition coefficient (Wildman–Crippen LogP) is 4.34. The van der Waals surface area contributed by atoms with Gasteiger partial charge in [-0.2, -0.15) is 5.10 Å². The molecule has 1 aromatic carbocycles. The number of anilines is 1. The molecule has 2 aromatic rings. The highest BCUT2D eigenvalue weighted by Gasteiger charge is 2.22. The summed E-state index contributed by atoms with van der Waals surface area (Å²) in [4.78, 5) is 24.7. The molecule has 0 spiro atoms. The number of hydrogen-bond acceptors (Lipinski definition) is 3. The van der Waals surface area contributed by atoms with Gasteiger partial charge in [0.1, 0.15) is 5.82 Å². The SMILES string of the molecule is CC(C)(C)c1cc(NC(=O)CCC(=O)NC2CCCCC2)n(-c2ccccc2)n1. The van der Waals surface area contributed by atoms with E-state index < -0.39 is 0 Å². The summed E-state index contributed by atoms with van der Waals surface area (Å²) >= 11 is 0. The van der Waals surface area contributed by atoms with E-state index in [1.165, 1.54) is 19.3 Å². The van der Waals surface area contributed by atoms with Crippen molar-refractivity contribution >= 4 is 17.6 Å². The Kier molecular flexibility index (Phi) is 6.72. The second-order valence-electron chi connectivity index (χ2n) is 8.86. The number of benzene rings is 1. The minimum atomic E-state index is -0.179. The van der Waals surface area contributed by atoms with Gasteiger partial charge in [-0.15, -0.1) is 0 Å². The molecule has 1 saturated carbocycles. The first kappa shape index (κ1) is 21.1. The molecule has 0 aliphatic heterocycles. The van der Waals surface area contributed by atoms with E-state index in [9.17, 15) is 9.59 Å². The molecule has 1 heterocycles. The summed E-state index contributed by atoms with van der Waals surface area (Å²) in [7, 11) is 0. The van der Waals surface area contributed by atoms with Gasteiger partial charge in [-0.25, -0.2) is 4.68 Å². The third kappa shape index (κ3) is 5.92. The van der Waals surface area contributed by atoms with Crippen LogP contribution < -0.4 is 10.6 Å². The van der Waals surface area contributed by atoms with E-state index in [2.05, 4.69) is 31.4 Å². The van der Waals surface area contributed by atoms with Crippen LogP contribution in [0.2, 0.25) is 0 Å². The molecule has 1 aliphatic carbocycles. The van der Waals surface area contributed by atoms with Crippen LogP contribution in [0.3, 0.4) is 0 Å². The van der Waals surface area contributed by atoms with Crippen LogP contribution in [0.1, 0.15) is 71.4 Å². The molecule has 156 valence electrons. The number of carbonyl (C=O) groups is 2. The molecule has 6 heteroatoms. The maximum atomic E-state index is 12.5. The topological polar surface area (TPSA) is 76.0 Å². The van der Waals surface area contributed by atoms with Gasteiger partial charge in [0, 0.05) is 30.4 Å². The number of carbonyl (C=O) groups excluding carboxylic acids is 2. The van der Waals surface area contributed by atoms with Crippen molar-refractivity contribution in [3.05, 3.63) is 42.1 Å². The summed E-state index contributed by atoms with van der Waals surface area (Å²) in [6, 6.07) is 11.9. The smallest absolute Gasteiger partial charge is 0.226 e. The van der Waals surface area contributed by atoms with Crippen molar-refractivity contribution in [2.75, 3.05) is 5.32 Å². The van der Waals surface area contributed by atoms with Crippen LogP contribution in [0.15, 0.2) is 36.4 Å². The quantitative estimate of drug-likeness (QED) is 0.763. The van der Waals surface area contributed by atoms with Gasteiger partial charge in [-0.3, -0.25) is 9.59 Å². The van der Waals surface area contributed by atoms with Crippen molar-refractivity contribution < 1.29 is 9.59 Å². The van der Waals surface area contributed by atoms with Crippen molar-refractivity contribution in [1.82, 2.24) is 15.1 Å². The highest BCUT2D eigenvalue weighted by Crippen LogP contribution is 2.26. The molecular weight excluding hydrogens is 364 g/mol. The average Bonchev–Trinajstić information content (AvgIpc) is 3.12. The molecule has 1 aliphatic rings. The monoisotopic (exact) mass is 396 g/mol. The number of rotatable bonds is 6. The minimum absolute atomic E-state index is 0.0426. The van der Waals surface area contributed by atoms with Crippen LogP contribution in [0.25, 0.3) is 5.69 Å². The molecule has 2 amide bonds. The predicted molar refractivity (Wildman–Crippen MR) is 115 cm³/mol. The Morgan fingerprint density at radius 3 is 2.34 bits per heavy atom. The second kappa shape index (κ2) is 9.25. The standard InChI is InChI=1S/C23H32N4O2/c1-23(2,3)19-16-20(27(26-19)18-12-8-5-9-13-18)25-22(29)15-14-21(28)24-17-10-6-4-7-11-17/h5,8-9,12-13,16-17H,4,6-7,10-11,14-15H2,1-3H3,(H,24,28)(H,25,29). The third-order valence-corrected chi connectivity index (χ3v) is 5.30. The largest absolute Gasteiger partial charge is 0.353 e. The molecule has 0 radical (unpaired) electrons. The van der Waals surface area contributed by atoms with E-state index in [1.807, 2.05) is 36.4 Å². The van der Waals surface area contributed by atoms with Crippen LogP contribution >= 0.6 is 0 Å². The number of amides is 2. The lowest BCUT2D eigenvalue weighted by Gasteiger charge is -2.22. The number of para-hydroxylation sites is 1. The molecule has 1 fully saturated rings. The average molecular weight is 397 g/mol. The molecule has 0 saturated heterocycles. The summed E-state index contributed by atoms with van der Waals surface area (Å²) in [6.07, 6.45) is 6.04. The fourth-order valence-electron chi connectivity index (χ4n) is 3.58. The zero-order chi connectivity index (χ0) is 20.9. The third-order valence-electron chi connectivity index (χ3n) is 5.30. The van der Waals surface area contributed by atoms with Crippen molar-refractivity contribution in [1.29, 1.82) is 0 Å². The molecule has 0 bridgehead atoms. The Morgan fingerprint density at radius 2 is 1.69 bits per heavy atom. The van der Waals surface area contributed by atoms with Gasteiger partial charge in [0.25, 0.3) is 0 Å². The van der Waals surface area contributed by atoms with Gasteiger partial charge in [0.05, 0.1) is 11.4 Å². The summed E-state index contributed by atoms with van der Waals surface area (Å²) in [5.41, 5.74) is 1.64. The van der Waals surface area contributed by atoms with Gasteiger partial charge < -0.3 is 10.6 Å². The van der Waals surface area contributed by atoms with Gasteiger partial charge in [0.15, 0.2) is 0 Å². The molecular formula is C23H32N4O2. The molecule has 3 rings (SSSR count). The second-order valence-corrected chi connectivity index (χ2v) is 8.86. The van der Waals surface area contributed by atoms with Crippen LogP contribution in [-0.2, 0) is 15.0 Å². The van der Waals surface area contributed by atoms with Crippen molar-refractivity contribution in [2.45, 2.75) is 77.2 Å². The first-order valence-electron chi connectivity index (χ1n) is 10.6. The number of nitrogens with one attached hydrogen (secondary N) is 2. The maximum Gasteiger partial charge on any atom is 0.226 e. The Labute approximate surface area is 173 Å². The lowest BCUT2D eigenvalue weighted by atomic mass is 9.92. The molecule has 1 aromatic heterocycles. The Hall–Kier alpha value is -2.63. The van der Waals surface area contributed by atoms with Crippen LogP contribution in [-0.4, -0.2) is 27.6 Å². The Bertz CT molecular complexity index is 830. The van der Waals surface area contributed by atoms with Crippen LogP contribution in [0.4, 0.5) is 5.82 Å². The lowest BCUT2D eigenvalue weighted by molar-refractivity contribution is -0.125. The number of hydrogen-bond donors (Lipinski definition) is 2. The fourth-order valence-corrected chi connectivity index (χ4v) is 3.58. The maximum absolute atomic E-state index is 12.5. The van der Waals surface area contributed by atoms with E-state index in [-0.39, 0.29) is 36.1 Å². The van der Waals surface area contributed by atoms with E-state index >= 15 is 0 Å². The zero-order valence-corrected chi connectivity index (χ0v) is 17.7. The van der Waals surface area contributed by atoms with Crippen LogP contribution in [0, 0.1) is 0 Å². The fraction of sp³-hybridized carbons (Fsp3) is 0.522. The van der Waals surface area contributed by atoms with Crippen LogP contribution in [0.5, 0.6) is 0 Å². The summed E-state index contributed by atoms with van der Waals surface area (Å²) in [6.45, 7) is 6.27. The molecule has 29 heavy (non-hydrogen) atoms. The van der Waals surface area contributed by atoms with Gasteiger partial charge in [0.2, 0.25) is 11.8 Å². The Morgan fingerprint density at radius 1 is 1.03 bits per heavy atom. The molecule has 6 nitrogen and oxygen atoms in total. The van der Waals surface area contributed by atoms with E-state index in [0.29, 0.717) is 5.82 Å². The van der Waals surface area contributed by atoms with E-state index in [0.717, 1.165) is 24.2 Å². The summed E-state index contributed by atoms with van der Waals surface area (Å²) in [5.74, 6) is 0.402. The van der Waals surface area contributed by atoms with Gasteiger partial charge in [-0.1, -0.05) is 58.2 Å². The lowest BCUT2D eigenvalue weighted by Crippen LogP contribution is -2.36. The highest BCUT2D eigenvalue weighted by atomic mass is 16.2. The Balaban J connectivity index is 1.63. The van der Waals surface area contributed by atoms with E-state index in [4.69, 9.17) is 5.10 Å². The highest BCUT2D eigenvalue weighted by molar-refractivity contribution is 5.92.